The number of likely N-dealkylation sites (tertiary alicyclic amines) is 1. The highest BCUT2D eigenvalue weighted by Crippen LogP contribution is 2.39. The number of allylic oxidation sites excluding steroid dienone is 1. The van der Waals surface area contributed by atoms with Crippen molar-refractivity contribution in [3.63, 3.8) is 0 Å². The summed E-state index contributed by atoms with van der Waals surface area (Å²) in [4.78, 5) is 14.2. The zero-order valence-corrected chi connectivity index (χ0v) is 16.1. The molecule has 2 aliphatic heterocycles. The minimum Gasteiger partial charge on any atom is -0.507 e. The van der Waals surface area contributed by atoms with Crippen molar-refractivity contribution in [2.24, 2.45) is 5.92 Å². The van der Waals surface area contributed by atoms with E-state index in [4.69, 9.17) is 16.3 Å². The first-order chi connectivity index (χ1) is 13.0. The molecule has 2 N–H and O–H groups in total. The van der Waals surface area contributed by atoms with Crippen molar-refractivity contribution in [3.05, 3.63) is 63.9 Å². The van der Waals surface area contributed by atoms with Crippen LogP contribution >= 0.6 is 11.6 Å². The van der Waals surface area contributed by atoms with Gasteiger partial charge in [0.2, 0.25) is 5.78 Å². The molecule has 2 aromatic carbocycles. The van der Waals surface area contributed by atoms with Crippen LogP contribution in [0, 0.1) is 5.92 Å². The van der Waals surface area contributed by atoms with E-state index in [1.165, 1.54) is 17.7 Å². The van der Waals surface area contributed by atoms with Gasteiger partial charge in [0.15, 0.2) is 11.5 Å². The summed E-state index contributed by atoms with van der Waals surface area (Å²) in [7, 11) is 0. The number of carbonyl (C=O) groups excluding carboxylic acids is 1. The Kier molecular flexibility index (Phi) is 4.94. The van der Waals surface area contributed by atoms with Gasteiger partial charge in [-0.3, -0.25) is 4.79 Å². The van der Waals surface area contributed by atoms with Gasteiger partial charge in [-0.25, -0.2) is 0 Å². The Morgan fingerprint density at radius 1 is 1.19 bits per heavy atom. The molecule has 4 rings (SSSR count). The number of benzene rings is 2. The molecule has 2 aromatic rings. The lowest BCUT2D eigenvalue weighted by molar-refractivity contribution is -0.919. The molecule has 0 spiro atoms. The number of fused-ring (bicyclic) bond motifs is 1. The van der Waals surface area contributed by atoms with Crippen molar-refractivity contribution < 1.29 is 19.5 Å². The van der Waals surface area contributed by atoms with Crippen LogP contribution in [-0.4, -0.2) is 24.0 Å². The highest BCUT2D eigenvalue weighted by molar-refractivity contribution is 6.30. The Labute approximate surface area is 164 Å². The number of Topliss-reactive ketones (excluding diaryl/α,β-unsaturated/α-hetero) is 1. The van der Waals surface area contributed by atoms with E-state index in [1.54, 1.807) is 30.3 Å². The molecule has 0 atom stereocenters. The normalized spacial score (nSPS) is 23.3. The average molecular weight is 385 g/mol. The molecule has 0 radical (unpaired) electrons. The van der Waals surface area contributed by atoms with Crippen LogP contribution in [0.1, 0.15) is 41.3 Å². The van der Waals surface area contributed by atoms with Gasteiger partial charge < -0.3 is 14.7 Å². The minimum atomic E-state index is -0.150. The molecule has 27 heavy (non-hydrogen) atoms. The van der Waals surface area contributed by atoms with E-state index in [0.29, 0.717) is 22.9 Å². The van der Waals surface area contributed by atoms with E-state index >= 15 is 0 Å². The van der Waals surface area contributed by atoms with E-state index in [-0.39, 0.29) is 17.3 Å². The third kappa shape index (κ3) is 3.73. The maximum Gasteiger partial charge on any atom is 0.231 e. The topological polar surface area (TPSA) is 51.0 Å². The number of hydrogen-bond donors (Lipinski definition) is 2. The van der Waals surface area contributed by atoms with Crippen molar-refractivity contribution in [2.45, 2.75) is 26.3 Å². The van der Waals surface area contributed by atoms with Crippen LogP contribution in [0.3, 0.4) is 0 Å². The fourth-order valence-corrected chi connectivity index (χ4v) is 3.90. The predicted octanol–water partition coefficient (Wildman–Crippen LogP) is 3.48. The van der Waals surface area contributed by atoms with E-state index in [2.05, 4.69) is 6.92 Å². The van der Waals surface area contributed by atoms with E-state index in [1.807, 2.05) is 12.1 Å². The van der Waals surface area contributed by atoms with Crippen LogP contribution in [-0.2, 0) is 6.54 Å². The zero-order valence-electron chi connectivity index (χ0n) is 15.3. The quantitative estimate of drug-likeness (QED) is 0.796. The number of nitrogens with one attached hydrogen (secondary N) is 1. The molecule has 0 aliphatic carbocycles. The van der Waals surface area contributed by atoms with Crippen LogP contribution in [0.25, 0.3) is 6.08 Å². The van der Waals surface area contributed by atoms with Crippen LogP contribution in [0.4, 0.5) is 0 Å². The highest BCUT2D eigenvalue weighted by atomic mass is 35.5. The van der Waals surface area contributed by atoms with Crippen LogP contribution in [0.5, 0.6) is 11.5 Å². The third-order valence-corrected chi connectivity index (χ3v) is 5.74. The maximum atomic E-state index is 12.8. The number of phenols is 1. The Balaban J connectivity index is 1.61. The number of phenolic OH excluding ortho intramolecular Hbond substituents is 1. The molecule has 4 nitrogen and oxygen atoms in total. The molecule has 0 saturated carbocycles. The fourth-order valence-electron chi connectivity index (χ4n) is 3.78. The molecular formula is C22H23ClNO3+. The van der Waals surface area contributed by atoms with E-state index < -0.39 is 0 Å². The molecule has 0 aromatic heterocycles. The first kappa shape index (κ1) is 18.1. The second-order valence-electron chi connectivity index (χ2n) is 7.54. The monoisotopic (exact) mass is 384 g/mol. The van der Waals surface area contributed by atoms with Crippen molar-refractivity contribution in [1.29, 1.82) is 0 Å². The van der Waals surface area contributed by atoms with Crippen LogP contribution < -0.4 is 9.64 Å². The summed E-state index contributed by atoms with van der Waals surface area (Å²) in [5.41, 5.74) is 2.09. The van der Waals surface area contributed by atoms with Crippen molar-refractivity contribution >= 4 is 23.5 Å². The van der Waals surface area contributed by atoms with Crippen molar-refractivity contribution in [3.8, 4) is 11.5 Å². The van der Waals surface area contributed by atoms with E-state index in [0.717, 1.165) is 30.1 Å². The third-order valence-electron chi connectivity index (χ3n) is 5.49. The minimum absolute atomic E-state index is 0.150. The van der Waals surface area contributed by atoms with Crippen LogP contribution in [0.15, 0.2) is 42.2 Å². The average Bonchev–Trinajstić information content (AvgIpc) is 2.97. The Bertz CT molecular complexity index is 897. The number of ketones is 1. The molecular weight excluding hydrogens is 362 g/mol. The lowest BCUT2D eigenvalue weighted by atomic mass is 9.98. The van der Waals surface area contributed by atoms with Gasteiger partial charge in [0, 0.05) is 5.02 Å². The first-order valence-corrected chi connectivity index (χ1v) is 9.77. The molecule has 0 unspecified atom stereocenters. The van der Waals surface area contributed by atoms with Gasteiger partial charge in [-0.05, 0) is 54.7 Å². The zero-order chi connectivity index (χ0) is 19.0. The van der Waals surface area contributed by atoms with Gasteiger partial charge >= 0.3 is 0 Å². The maximum absolute atomic E-state index is 12.8. The Hall–Kier alpha value is -2.30. The summed E-state index contributed by atoms with van der Waals surface area (Å²) in [6, 6.07) is 10.5. The highest BCUT2D eigenvalue weighted by Gasteiger charge is 2.33. The number of hydrogen-bond acceptors (Lipinski definition) is 3. The van der Waals surface area contributed by atoms with Gasteiger partial charge in [-0.1, -0.05) is 30.7 Å². The number of piperidine rings is 1. The Morgan fingerprint density at radius 3 is 2.59 bits per heavy atom. The van der Waals surface area contributed by atoms with Gasteiger partial charge in [-0.2, -0.15) is 0 Å². The molecule has 1 saturated heterocycles. The SMILES string of the molecule is CC1CC[NH+](Cc2c(O)ccc3c2O/C(=C\c2ccc(Cl)cc2)C3=O)CC1. The molecule has 2 aliphatic rings. The molecule has 140 valence electrons. The number of rotatable bonds is 3. The molecule has 0 bridgehead atoms. The lowest BCUT2D eigenvalue weighted by Crippen LogP contribution is -3.11. The van der Waals surface area contributed by atoms with Crippen LogP contribution in [0.2, 0.25) is 5.02 Å². The van der Waals surface area contributed by atoms with Gasteiger partial charge in [-0.15, -0.1) is 0 Å². The number of halogens is 1. The number of ether oxygens (including phenoxy) is 1. The van der Waals surface area contributed by atoms with Crippen molar-refractivity contribution in [1.82, 2.24) is 0 Å². The largest absolute Gasteiger partial charge is 0.507 e. The van der Waals surface area contributed by atoms with Gasteiger partial charge in [0.1, 0.15) is 12.3 Å². The van der Waals surface area contributed by atoms with Gasteiger partial charge in [0.05, 0.1) is 24.2 Å². The van der Waals surface area contributed by atoms with E-state index in [9.17, 15) is 9.90 Å². The summed E-state index contributed by atoms with van der Waals surface area (Å²) >= 11 is 5.92. The number of carbonyl (C=O) groups is 1. The second kappa shape index (κ2) is 7.37. The molecule has 0 amide bonds. The standard InChI is InChI=1S/C22H22ClNO3/c1-14-8-10-24(11-9-14)13-18-19(25)7-6-17-21(26)20(27-22(17)18)12-15-2-4-16(23)5-3-15/h2-7,12,14,25H,8-11,13H2,1H3/p+1/b20-12-. The summed E-state index contributed by atoms with van der Waals surface area (Å²) < 4.78 is 5.93. The first-order valence-electron chi connectivity index (χ1n) is 9.39. The number of quaternary nitrogens is 1. The van der Waals surface area contributed by atoms with Crippen molar-refractivity contribution in [2.75, 3.05) is 13.1 Å². The fraction of sp³-hybridized carbons (Fsp3) is 0.318. The molecule has 5 heteroatoms. The lowest BCUT2D eigenvalue weighted by Gasteiger charge is -2.27. The number of aromatic hydroxyl groups is 1. The summed E-state index contributed by atoms with van der Waals surface area (Å²) in [6.07, 6.45) is 4.09. The smallest absolute Gasteiger partial charge is 0.231 e. The summed E-state index contributed by atoms with van der Waals surface area (Å²) in [5.74, 6) is 1.59. The Morgan fingerprint density at radius 2 is 1.89 bits per heavy atom. The summed E-state index contributed by atoms with van der Waals surface area (Å²) in [5, 5.41) is 11.1. The summed E-state index contributed by atoms with van der Waals surface area (Å²) in [6.45, 7) is 5.10. The molecule has 2 heterocycles. The second-order valence-corrected chi connectivity index (χ2v) is 7.98. The molecule has 1 fully saturated rings. The van der Waals surface area contributed by atoms with Gasteiger partial charge in [0.25, 0.3) is 0 Å². The predicted molar refractivity (Wildman–Crippen MR) is 105 cm³/mol.